The predicted octanol–water partition coefficient (Wildman–Crippen LogP) is 2.37. The van der Waals surface area contributed by atoms with Crippen LogP contribution in [0.1, 0.15) is 23.1 Å². The molecule has 30 heavy (non-hydrogen) atoms. The zero-order valence-corrected chi connectivity index (χ0v) is 18.1. The first-order chi connectivity index (χ1) is 14.5. The molecule has 6 heteroatoms. The molecule has 1 amide bonds. The van der Waals surface area contributed by atoms with Crippen molar-refractivity contribution in [3.63, 3.8) is 0 Å². The first kappa shape index (κ1) is 20.8. The number of amides is 1. The predicted molar refractivity (Wildman–Crippen MR) is 116 cm³/mol. The van der Waals surface area contributed by atoms with E-state index in [4.69, 9.17) is 9.47 Å². The lowest BCUT2D eigenvalue weighted by molar-refractivity contribution is -0.130. The molecule has 0 radical (unpaired) electrons. The highest BCUT2D eigenvalue weighted by Gasteiger charge is 2.52. The Morgan fingerprint density at radius 2 is 2.10 bits per heavy atom. The van der Waals surface area contributed by atoms with Gasteiger partial charge in [-0.2, -0.15) is 0 Å². The fourth-order valence-corrected chi connectivity index (χ4v) is 4.59. The van der Waals surface area contributed by atoms with E-state index >= 15 is 0 Å². The van der Waals surface area contributed by atoms with Crippen LogP contribution < -0.4 is 10.1 Å². The fraction of sp³-hybridized carbons (Fsp3) is 0.458. The third-order valence-electron chi connectivity index (χ3n) is 6.19. The first-order valence-electron chi connectivity index (χ1n) is 10.5. The zero-order chi connectivity index (χ0) is 21.1. The van der Waals surface area contributed by atoms with Crippen molar-refractivity contribution in [1.82, 2.24) is 15.1 Å². The van der Waals surface area contributed by atoms with Gasteiger partial charge in [0.1, 0.15) is 11.9 Å². The maximum Gasteiger partial charge on any atom is 0.249 e. The Morgan fingerprint density at radius 1 is 1.27 bits per heavy atom. The molecule has 2 heterocycles. The van der Waals surface area contributed by atoms with Crippen molar-refractivity contribution in [3.05, 3.63) is 65.2 Å². The molecule has 2 aromatic rings. The molecule has 2 aromatic carbocycles. The summed E-state index contributed by atoms with van der Waals surface area (Å²) in [5, 5.41) is 3.03. The van der Waals surface area contributed by atoms with Crippen molar-refractivity contribution >= 4 is 5.91 Å². The summed E-state index contributed by atoms with van der Waals surface area (Å²) in [6.45, 7) is 3.60. The van der Waals surface area contributed by atoms with E-state index in [0.29, 0.717) is 19.6 Å². The number of fused-ring (bicyclic) bond motifs is 2. The van der Waals surface area contributed by atoms with Crippen molar-refractivity contribution in [1.29, 1.82) is 0 Å². The molecule has 0 saturated carbocycles. The highest BCUT2D eigenvalue weighted by Crippen LogP contribution is 2.47. The molecule has 0 bridgehead atoms. The Balaban J connectivity index is 1.54. The van der Waals surface area contributed by atoms with Crippen LogP contribution in [0.4, 0.5) is 0 Å². The smallest absolute Gasteiger partial charge is 0.249 e. The molecule has 1 N–H and O–H groups in total. The third kappa shape index (κ3) is 4.08. The second-order valence-corrected chi connectivity index (χ2v) is 8.49. The van der Waals surface area contributed by atoms with E-state index in [-0.39, 0.29) is 11.4 Å². The van der Waals surface area contributed by atoms with Gasteiger partial charge in [-0.05, 0) is 42.9 Å². The molecular weight excluding hydrogens is 378 g/mol. The highest BCUT2D eigenvalue weighted by molar-refractivity contribution is 5.81. The van der Waals surface area contributed by atoms with E-state index in [1.807, 2.05) is 26.2 Å². The molecule has 6 nitrogen and oxygen atoms in total. The van der Waals surface area contributed by atoms with Crippen LogP contribution in [0.5, 0.6) is 5.75 Å². The minimum atomic E-state index is -0.425. The van der Waals surface area contributed by atoms with Crippen LogP contribution in [-0.4, -0.2) is 62.7 Å². The molecule has 1 spiro atoms. The van der Waals surface area contributed by atoms with Crippen molar-refractivity contribution in [2.45, 2.75) is 31.2 Å². The van der Waals surface area contributed by atoms with E-state index < -0.39 is 6.10 Å². The Bertz CT molecular complexity index is 901. The molecule has 0 aliphatic carbocycles. The first-order valence-corrected chi connectivity index (χ1v) is 10.5. The van der Waals surface area contributed by atoms with Gasteiger partial charge in [0.2, 0.25) is 5.91 Å². The van der Waals surface area contributed by atoms with Crippen LogP contribution in [0, 0.1) is 0 Å². The lowest BCUT2D eigenvalue weighted by Gasteiger charge is -2.35. The van der Waals surface area contributed by atoms with Crippen molar-refractivity contribution in [2.75, 3.05) is 40.9 Å². The van der Waals surface area contributed by atoms with Crippen LogP contribution >= 0.6 is 0 Å². The molecule has 160 valence electrons. The number of hydrogen-bond donors (Lipinski definition) is 1. The van der Waals surface area contributed by atoms with Gasteiger partial charge in [-0.1, -0.05) is 36.4 Å². The highest BCUT2D eigenvalue weighted by atomic mass is 16.5. The van der Waals surface area contributed by atoms with E-state index in [0.717, 1.165) is 25.4 Å². The average Bonchev–Trinajstić information content (AvgIpc) is 3.31. The molecular formula is C24H31N3O3. The lowest BCUT2D eigenvalue weighted by atomic mass is 9.86. The van der Waals surface area contributed by atoms with Crippen molar-refractivity contribution in [2.24, 2.45) is 0 Å². The quantitative estimate of drug-likeness (QED) is 0.761. The number of benzene rings is 2. The summed E-state index contributed by atoms with van der Waals surface area (Å²) in [7, 11) is 5.69. The van der Waals surface area contributed by atoms with Gasteiger partial charge in [0.25, 0.3) is 0 Å². The summed E-state index contributed by atoms with van der Waals surface area (Å²) >= 11 is 0. The van der Waals surface area contributed by atoms with E-state index in [1.165, 1.54) is 16.7 Å². The van der Waals surface area contributed by atoms with E-state index in [2.05, 4.69) is 51.5 Å². The fourth-order valence-electron chi connectivity index (χ4n) is 4.59. The van der Waals surface area contributed by atoms with Crippen LogP contribution in [0.2, 0.25) is 0 Å². The van der Waals surface area contributed by atoms with Crippen LogP contribution in [-0.2, 0) is 28.2 Å². The number of rotatable bonds is 7. The SMILES string of the molecule is COc1cccc(CN2Cc3ccccc3[C@]23CO[C@@H](C(=O)NCCN(C)C)C3)c1. The molecule has 0 aromatic heterocycles. The Labute approximate surface area is 178 Å². The maximum atomic E-state index is 12.7. The van der Waals surface area contributed by atoms with Gasteiger partial charge < -0.3 is 19.7 Å². The number of hydrogen-bond acceptors (Lipinski definition) is 5. The average molecular weight is 410 g/mol. The topological polar surface area (TPSA) is 54.0 Å². The van der Waals surface area contributed by atoms with Gasteiger partial charge in [0.15, 0.2) is 0 Å². The number of carbonyl (C=O) groups excluding carboxylic acids is 1. The summed E-state index contributed by atoms with van der Waals surface area (Å²) in [5.74, 6) is 0.846. The van der Waals surface area contributed by atoms with E-state index in [1.54, 1.807) is 7.11 Å². The normalized spacial score (nSPS) is 23.1. The molecule has 2 aliphatic heterocycles. The molecule has 2 atom stereocenters. The molecule has 1 fully saturated rings. The number of nitrogens with zero attached hydrogens (tertiary/aromatic N) is 2. The monoisotopic (exact) mass is 409 g/mol. The van der Waals surface area contributed by atoms with Crippen molar-refractivity contribution in [3.8, 4) is 5.75 Å². The number of nitrogens with one attached hydrogen (secondary N) is 1. The van der Waals surface area contributed by atoms with Crippen LogP contribution in [0.15, 0.2) is 48.5 Å². The second-order valence-electron chi connectivity index (χ2n) is 8.49. The van der Waals surface area contributed by atoms with E-state index in [9.17, 15) is 4.79 Å². The zero-order valence-electron chi connectivity index (χ0n) is 18.1. The number of carbonyl (C=O) groups is 1. The summed E-state index contributed by atoms with van der Waals surface area (Å²) in [6.07, 6.45) is 0.244. The van der Waals surface area contributed by atoms with Gasteiger partial charge in [0, 0.05) is 32.6 Å². The Kier molecular flexibility index (Phi) is 6.09. The minimum absolute atomic E-state index is 0.0144. The molecule has 2 aliphatic rings. The number of likely N-dealkylation sites (N-methyl/N-ethyl adjacent to an activating group) is 1. The van der Waals surface area contributed by atoms with Gasteiger partial charge in [-0.15, -0.1) is 0 Å². The summed E-state index contributed by atoms with van der Waals surface area (Å²) in [6, 6.07) is 16.7. The molecule has 4 rings (SSSR count). The summed E-state index contributed by atoms with van der Waals surface area (Å²) < 4.78 is 11.5. The Morgan fingerprint density at radius 3 is 2.90 bits per heavy atom. The van der Waals surface area contributed by atoms with Crippen molar-refractivity contribution < 1.29 is 14.3 Å². The Hall–Kier alpha value is -2.41. The standard InChI is InChI=1S/C24H31N3O3/c1-26(2)12-11-25-23(28)22-14-24(17-30-22)21-10-5-4-8-19(21)16-27(24)15-18-7-6-9-20(13-18)29-3/h4-10,13,22H,11-12,14-17H2,1-3H3,(H,25,28)/t22-,24+/m1/s1. The van der Waals surface area contributed by atoms with Crippen LogP contribution in [0.3, 0.4) is 0 Å². The minimum Gasteiger partial charge on any atom is -0.497 e. The largest absolute Gasteiger partial charge is 0.497 e. The number of methoxy groups -OCH3 is 1. The van der Waals surface area contributed by atoms with Gasteiger partial charge in [0.05, 0.1) is 19.3 Å². The van der Waals surface area contributed by atoms with Gasteiger partial charge >= 0.3 is 0 Å². The number of ether oxygens (including phenoxy) is 2. The third-order valence-corrected chi connectivity index (χ3v) is 6.19. The lowest BCUT2D eigenvalue weighted by Crippen LogP contribution is -2.43. The molecule has 0 unspecified atom stereocenters. The summed E-state index contributed by atoms with van der Waals surface area (Å²) in [4.78, 5) is 17.3. The van der Waals surface area contributed by atoms with Gasteiger partial charge in [-0.25, -0.2) is 0 Å². The second kappa shape index (κ2) is 8.76. The molecule has 1 saturated heterocycles. The summed E-state index contributed by atoms with van der Waals surface area (Å²) in [5.41, 5.74) is 3.53. The van der Waals surface area contributed by atoms with Gasteiger partial charge in [-0.3, -0.25) is 9.69 Å². The van der Waals surface area contributed by atoms with Crippen LogP contribution in [0.25, 0.3) is 0 Å². The maximum absolute atomic E-state index is 12.7.